The standard InChI is InChI=1S/C15H24N2/c1-3-17-10-4-5-15(17)12-16-11-14-8-6-13(2)7-9-14/h6-9,15-16H,3-5,10-12H2,1-2H3/t15-/m1/s1. The van der Waals surface area contributed by atoms with E-state index in [-0.39, 0.29) is 0 Å². The van der Waals surface area contributed by atoms with Crippen LogP contribution in [0, 0.1) is 6.92 Å². The van der Waals surface area contributed by atoms with Gasteiger partial charge in [0.15, 0.2) is 0 Å². The fourth-order valence-corrected chi connectivity index (χ4v) is 2.63. The Morgan fingerprint density at radius 3 is 2.76 bits per heavy atom. The average Bonchev–Trinajstić information content (AvgIpc) is 2.79. The van der Waals surface area contributed by atoms with Crippen molar-refractivity contribution in [1.29, 1.82) is 0 Å². The fourth-order valence-electron chi connectivity index (χ4n) is 2.63. The molecule has 94 valence electrons. The van der Waals surface area contributed by atoms with E-state index in [1.165, 1.54) is 37.1 Å². The van der Waals surface area contributed by atoms with Crippen LogP contribution in [0.4, 0.5) is 0 Å². The molecule has 1 heterocycles. The average molecular weight is 232 g/mol. The lowest BCUT2D eigenvalue weighted by atomic mass is 10.1. The van der Waals surface area contributed by atoms with Crippen molar-refractivity contribution in [3.05, 3.63) is 35.4 Å². The summed E-state index contributed by atoms with van der Waals surface area (Å²) >= 11 is 0. The summed E-state index contributed by atoms with van der Waals surface area (Å²) in [6, 6.07) is 9.56. The van der Waals surface area contributed by atoms with Gasteiger partial charge in [-0.15, -0.1) is 0 Å². The predicted octanol–water partition coefficient (Wildman–Crippen LogP) is 2.57. The molecule has 0 bridgehead atoms. The van der Waals surface area contributed by atoms with Crippen molar-refractivity contribution in [3.8, 4) is 0 Å². The number of likely N-dealkylation sites (N-methyl/N-ethyl adjacent to an activating group) is 1. The Morgan fingerprint density at radius 1 is 1.29 bits per heavy atom. The van der Waals surface area contributed by atoms with Crippen molar-refractivity contribution < 1.29 is 0 Å². The maximum absolute atomic E-state index is 3.59. The second-order valence-electron chi connectivity index (χ2n) is 5.04. The quantitative estimate of drug-likeness (QED) is 0.839. The summed E-state index contributed by atoms with van der Waals surface area (Å²) < 4.78 is 0. The number of hydrogen-bond acceptors (Lipinski definition) is 2. The Balaban J connectivity index is 1.74. The van der Waals surface area contributed by atoms with Crippen molar-refractivity contribution in [1.82, 2.24) is 10.2 Å². The van der Waals surface area contributed by atoms with E-state index in [0.29, 0.717) is 0 Å². The Hall–Kier alpha value is -0.860. The maximum Gasteiger partial charge on any atom is 0.0221 e. The van der Waals surface area contributed by atoms with Crippen LogP contribution in [-0.2, 0) is 6.54 Å². The second-order valence-corrected chi connectivity index (χ2v) is 5.04. The first-order chi connectivity index (χ1) is 8.29. The molecule has 0 saturated carbocycles. The number of hydrogen-bond donors (Lipinski definition) is 1. The number of aryl methyl sites for hydroxylation is 1. The molecule has 2 rings (SSSR count). The zero-order valence-electron chi connectivity index (χ0n) is 11.1. The molecule has 1 atom stereocenters. The first-order valence-electron chi connectivity index (χ1n) is 6.80. The van der Waals surface area contributed by atoms with E-state index in [9.17, 15) is 0 Å². The number of rotatable bonds is 5. The summed E-state index contributed by atoms with van der Waals surface area (Å²) in [5, 5.41) is 3.59. The molecule has 1 aliphatic heterocycles. The Kier molecular flexibility index (Phi) is 4.57. The monoisotopic (exact) mass is 232 g/mol. The van der Waals surface area contributed by atoms with Crippen LogP contribution in [-0.4, -0.2) is 30.6 Å². The van der Waals surface area contributed by atoms with Crippen LogP contribution in [0.15, 0.2) is 24.3 Å². The van der Waals surface area contributed by atoms with Gasteiger partial charge in [-0.25, -0.2) is 0 Å². The van der Waals surface area contributed by atoms with Gasteiger partial charge in [0, 0.05) is 19.1 Å². The zero-order valence-corrected chi connectivity index (χ0v) is 11.1. The predicted molar refractivity (Wildman–Crippen MR) is 73.2 cm³/mol. The molecule has 1 aromatic rings. The highest BCUT2D eigenvalue weighted by molar-refractivity contribution is 5.21. The minimum atomic E-state index is 0.755. The minimum Gasteiger partial charge on any atom is -0.311 e. The van der Waals surface area contributed by atoms with Gasteiger partial charge in [0.2, 0.25) is 0 Å². The lowest BCUT2D eigenvalue weighted by Crippen LogP contribution is -2.37. The number of likely N-dealkylation sites (tertiary alicyclic amines) is 1. The maximum atomic E-state index is 3.59. The van der Waals surface area contributed by atoms with Crippen LogP contribution in [0.25, 0.3) is 0 Å². The molecule has 0 spiro atoms. The third kappa shape index (κ3) is 3.55. The largest absolute Gasteiger partial charge is 0.311 e. The molecule has 1 aliphatic rings. The Labute approximate surface area is 105 Å². The highest BCUT2D eigenvalue weighted by Gasteiger charge is 2.21. The van der Waals surface area contributed by atoms with E-state index in [2.05, 4.69) is 48.3 Å². The lowest BCUT2D eigenvalue weighted by molar-refractivity contribution is 0.260. The molecule has 1 fully saturated rings. The van der Waals surface area contributed by atoms with Gasteiger partial charge in [-0.3, -0.25) is 4.90 Å². The molecule has 1 aromatic carbocycles. The zero-order chi connectivity index (χ0) is 12.1. The molecular formula is C15H24N2. The Bertz CT molecular complexity index is 331. The van der Waals surface area contributed by atoms with Gasteiger partial charge in [0.25, 0.3) is 0 Å². The smallest absolute Gasteiger partial charge is 0.0221 e. The van der Waals surface area contributed by atoms with Gasteiger partial charge in [-0.1, -0.05) is 36.8 Å². The van der Waals surface area contributed by atoms with E-state index in [4.69, 9.17) is 0 Å². The van der Waals surface area contributed by atoms with Crippen molar-refractivity contribution in [3.63, 3.8) is 0 Å². The SMILES string of the molecule is CCN1CCC[C@@H]1CNCc1ccc(C)cc1. The normalized spacial score (nSPS) is 20.9. The molecular weight excluding hydrogens is 208 g/mol. The molecule has 0 aromatic heterocycles. The van der Waals surface area contributed by atoms with Crippen molar-refractivity contribution in [2.45, 2.75) is 39.3 Å². The summed E-state index contributed by atoms with van der Waals surface area (Å²) in [5.41, 5.74) is 2.72. The van der Waals surface area contributed by atoms with Crippen molar-refractivity contribution in [2.75, 3.05) is 19.6 Å². The molecule has 0 unspecified atom stereocenters. The molecule has 0 amide bonds. The first kappa shape index (κ1) is 12.6. The van der Waals surface area contributed by atoms with Crippen molar-refractivity contribution in [2.24, 2.45) is 0 Å². The third-order valence-corrected chi connectivity index (χ3v) is 3.73. The molecule has 1 N–H and O–H groups in total. The highest BCUT2D eigenvalue weighted by atomic mass is 15.2. The molecule has 2 heteroatoms. The van der Waals surface area contributed by atoms with Gasteiger partial charge < -0.3 is 5.32 Å². The molecule has 2 nitrogen and oxygen atoms in total. The minimum absolute atomic E-state index is 0.755. The summed E-state index contributed by atoms with van der Waals surface area (Å²) in [5.74, 6) is 0. The van der Waals surface area contributed by atoms with Gasteiger partial charge in [0.05, 0.1) is 0 Å². The number of nitrogens with zero attached hydrogens (tertiary/aromatic N) is 1. The third-order valence-electron chi connectivity index (χ3n) is 3.73. The number of benzene rings is 1. The topological polar surface area (TPSA) is 15.3 Å². The van der Waals surface area contributed by atoms with E-state index in [1.807, 2.05) is 0 Å². The summed E-state index contributed by atoms with van der Waals surface area (Å²) in [7, 11) is 0. The van der Waals surface area contributed by atoms with E-state index >= 15 is 0 Å². The summed E-state index contributed by atoms with van der Waals surface area (Å²) in [6.07, 6.45) is 2.72. The van der Waals surface area contributed by atoms with Crippen LogP contribution >= 0.6 is 0 Å². The summed E-state index contributed by atoms with van der Waals surface area (Å²) in [4.78, 5) is 2.59. The van der Waals surface area contributed by atoms with Crippen LogP contribution < -0.4 is 5.32 Å². The van der Waals surface area contributed by atoms with Gasteiger partial charge in [-0.2, -0.15) is 0 Å². The Morgan fingerprint density at radius 2 is 2.06 bits per heavy atom. The van der Waals surface area contributed by atoms with Crippen LogP contribution in [0.5, 0.6) is 0 Å². The van der Waals surface area contributed by atoms with Gasteiger partial charge in [0.1, 0.15) is 0 Å². The molecule has 0 radical (unpaired) electrons. The van der Waals surface area contributed by atoms with E-state index < -0.39 is 0 Å². The van der Waals surface area contributed by atoms with Crippen LogP contribution in [0.3, 0.4) is 0 Å². The van der Waals surface area contributed by atoms with Crippen LogP contribution in [0.1, 0.15) is 30.9 Å². The second kappa shape index (κ2) is 6.18. The first-order valence-corrected chi connectivity index (χ1v) is 6.80. The number of nitrogens with one attached hydrogen (secondary N) is 1. The van der Waals surface area contributed by atoms with E-state index in [0.717, 1.165) is 19.1 Å². The van der Waals surface area contributed by atoms with Gasteiger partial charge in [-0.05, 0) is 38.4 Å². The lowest BCUT2D eigenvalue weighted by Gasteiger charge is -2.23. The van der Waals surface area contributed by atoms with Crippen LogP contribution in [0.2, 0.25) is 0 Å². The molecule has 0 aliphatic carbocycles. The van der Waals surface area contributed by atoms with E-state index in [1.54, 1.807) is 0 Å². The molecule has 17 heavy (non-hydrogen) atoms. The van der Waals surface area contributed by atoms with Gasteiger partial charge >= 0.3 is 0 Å². The molecule has 1 saturated heterocycles. The fraction of sp³-hybridized carbons (Fsp3) is 0.600. The highest BCUT2D eigenvalue weighted by Crippen LogP contribution is 2.15. The van der Waals surface area contributed by atoms with Crippen molar-refractivity contribution >= 4 is 0 Å². The summed E-state index contributed by atoms with van der Waals surface area (Å²) in [6.45, 7) is 8.99.